The smallest absolute Gasteiger partial charge is 0.267 e. The van der Waals surface area contributed by atoms with Gasteiger partial charge in [0.05, 0.1) is 10.7 Å². The molecule has 0 bridgehead atoms. The number of nitrogens with zero attached hydrogens (tertiary/aromatic N) is 4. The monoisotopic (exact) mass is 459 g/mol. The zero-order chi connectivity index (χ0) is 22.4. The van der Waals surface area contributed by atoms with Gasteiger partial charge >= 0.3 is 0 Å². The van der Waals surface area contributed by atoms with Crippen LogP contribution < -0.4 is 10.1 Å². The minimum atomic E-state index is -0.307. The maximum atomic E-state index is 12.7. The fourth-order valence-electron chi connectivity index (χ4n) is 2.80. The number of amides is 2. The van der Waals surface area contributed by atoms with Crippen LogP contribution in [0.4, 0.5) is 5.69 Å². The van der Waals surface area contributed by atoms with E-state index in [1.165, 1.54) is 11.3 Å². The molecule has 0 aliphatic carbocycles. The summed E-state index contributed by atoms with van der Waals surface area (Å²) in [6.45, 7) is 6.71. The first-order chi connectivity index (χ1) is 14.9. The van der Waals surface area contributed by atoms with Crippen LogP contribution in [0.5, 0.6) is 5.75 Å². The summed E-state index contributed by atoms with van der Waals surface area (Å²) in [4.78, 5) is 39.7. The number of hydrogen-bond donors (Lipinski definition) is 1. The number of nitrogens with one attached hydrogen (secondary N) is 1. The van der Waals surface area contributed by atoms with E-state index in [4.69, 9.17) is 16.3 Å². The minimum Gasteiger partial charge on any atom is -0.482 e. The molecule has 8 nitrogen and oxygen atoms in total. The lowest BCUT2D eigenvalue weighted by molar-refractivity contribution is -0.132. The summed E-state index contributed by atoms with van der Waals surface area (Å²) in [5, 5.41) is 3.68. The van der Waals surface area contributed by atoms with E-state index < -0.39 is 0 Å². The Hall–Kier alpha value is -3.04. The molecule has 3 aromatic rings. The number of hydrogen-bond acceptors (Lipinski definition) is 7. The average molecular weight is 460 g/mol. The topological polar surface area (TPSA) is 97.3 Å². The summed E-state index contributed by atoms with van der Waals surface area (Å²) < 4.78 is 5.54. The molecule has 0 aliphatic heterocycles. The van der Waals surface area contributed by atoms with Crippen molar-refractivity contribution in [1.29, 1.82) is 0 Å². The highest BCUT2D eigenvalue weighted by atomic mass is 35.5. The fraction of sp³-hybridized carbons (Fsp3) is 0.286. The molecule has 1 aromatic carbocycles. The zero-order valence-electron chi connectivity index (χ0n) is 17.4. The van der Waals surface area contributed by atoms with E-state index in [2.05, 4.69) is 20.3 Å². The van der Waals surface area contributed by atoms with E-state index in [0.717, 1.165) is 0 Å². The van der Waals surface area contributed by atoms with Crippen LogP contribution in [-0.4, -0.2) is 51.4 Å². The number of aryl methyl sites for hydroxylation is 1. The van der Waals surface area contributed by atoms with E-state index >= 15 is 0 Å². The highest BCUT2D eigenvalue weighted by molar-refractivity contribution is 7.17. The van der Waals surface area contributed by atoms with Gasteiger partial charge in [-0.2, -0.15) is 0 Å². The molecule has 3 rings (SSSR count). The summed E-state index contributed by atoms with van der Waals surface area (Å²) in [5.74, 6) is 0.423. The quantitative estimate of drug-likeness (QED) is 0.545. The van der Waals surface area contributed by atoms with Gasteiger partial charge in [-0.3, -0.25) is 9.59 Å². The Kier molecular flexibility index (Phi) is 7.54. The Morgan fingerprint density at radius 1 is 1.19 bits per heavy atom. The van der Waals surface area contributed by atoms with Crippen LogP contribution in [0.15, 0.2) is 36.7 Å². The van der Waals surface area contributed by atoms with Crippen molar-refractivity contribution in [2.75, 3.05) is 25.0 Å². The van der Waals surface area contributed by atoms with Gasteiger partial charge in [0.1, 0.15) is 10.6 Å². The number of aromatic nitrogens is 3. The molecule has 0 saturated heterocycles. The van der Waals surface area contributed by atoms with Crippen molar-refractivity contribution >= 4 is 40.4 Å². The van der Waals surface area contributed by atoms with Gasteiger partial charge in [0.25, 0.3) is 11.8 Å². The number of ether oxygens (including phenoxy) is 1. The van der Waals surface area contributed by atoms with Crippen molar-refractivity contribution in [3.05, 3.63) is 52.3 Å². The van der Waals surface area contributed by atoms with Crippen molar-refractivity contribution < 1.29 is 14.3 Å². The molecule has 162 valence electrons. The maximum absolute atomic E-state index is 12.7. The molecule has 31 heavy (non-hydrogen) atoms. The normalized spacial score (nSPS) is 10.6. The molecule has 0 saturated carbocycles. The largest absolute Gasteiger partial charge is 0.482 e. The number of likely N-dealkylation sites (N-methyl/N-ethyl adjacent to an activating group) is 1. The van der Waals surface area contributed by atoms with Crippen LogP contribution in [0.1, 0.15) is 29.2 Å². The number of carbonyl (C=O) groups excluding carboxylic acids is 2. The second-order valence-corrected chi connectivity index (χ2v) is 7.87. The van der Waals surface area contributed by atoms with Crippen molar-refractivity contribution in [3.63, 3.8) is 0 Å². The number of anilines is 1. The highest BCUT2D eigenvalue weighted by Gasteiger charge is 2.18. The van der Waals surface area contributed by atoms with Crippen molar-refractivity contribution in [1.82, 2.24) is 19.9 Å². The second kappa shape index (κ2) is 10.3. The highest BCUT2D eigenvalue weighted by Crippen LogP contribution is 2.29. The molecule has 0 aliphatic rings. The fourth-order valence-corrected chi connectivity index (χ4v) is 3.95. The first-order valence-corrected chi connectivity index (χ1v) is 10.9. The molecule has 0 spiro atoms. The molecular weight excluding hydrogens is 438 g/mol. The molecule has 0 unspecified atom stereocenters. The van der Waals surface area contributed by atoms with Crippen LogP contribution in [-0.2, 0) is 4.79 Å². The van der Waals surface area contributed by atoms with Gasteiger partial charge in [-0.1, -0.05) is 11.6 Å². The predicted octanol–water partition coefficient (Wildman–Crippen LogP) is 4.06. The lowest BCUT2D eigenvalue weighted by Crippen LogP contribution is -2.34. The third-order valence-electron chi connectivity index (χ3n) is 4.42. The maximum Gasteiger partial charge on any atom is 0.267 e. The van der Waals surface area contributed by atoms with E-state index in [1.54, 1.807) is 48.5 Å². The van der Waals surface area contributed by atoms with Crippen LogP contribution in [0.25, 0.3) is 10.8 Å². The molecule has 0 atom stereocenters. The Morgan fingerprint density at radius 3 is 2.55 bits per heavy atom. The predicted molar refractivity (Wildman–Crippen MR) is 121 cm³/mol. The Labute approximate surface area is 189 Å². The number of halogens is 1. The van der Waals surface area contributed by atoms with Gasteiger partial charge in [-0.05, 0) is 45.0 Å². The number of carbonyl (C=O) groups is 2. The third kappa shape index (κ3) is 5.56. The van der Waals surface area contributed by atoms with Crippen LogP contribution in [0, 0.1) is 6.92 Å². The van der Waals surface area contributed by atoms with Crippen LogP contribution >= 0.6 is 22.9 Å². The number of thiazole rings is 1. The molecular formula is C21H22ClN5O3S. The molecule has 0 fully saturated rings. The van der Waals surface area contributed by atoms with Crippen molar-refractivity contribution in [2.24, 2.45) is 0 Å². The molecule has 1 N–H and O–H groups in total. The standard InChI is InChI=1S/C21H22ClN5O3S/c1-4-27(5-2)17(28)12-30-16-8-7-14(11-15(16)22)26-20(29)18-13(3)25-21(31-18)19-23-9-6-10-24-19/h6-11H,4-5,12H2,1-3H3,(H,26,29). The van der Waals surface area contributed by atoms with Crippen LogP contribution in [0.2, 0.25) is 5.02 Å². The lowest BCUT2D eigenvalue weighted by atomic mass is 10.3. The van der Waals surface area contributed by atoms with E-state index in [9.17, 15) is 9.59 Å². The molecule has 10 heteroatoms. The zero-order valence-corrected chi connectivity index (χ0v) is 19.0. The summed E-state index contributed by atoms with van der Waals surface area (Å²) in [6, 6.07) is 6.58. The Balaban J connectivity index is 1.67. The summed E-state index contributed by atoms with van der Waals surface area (Å²) in [5.41, 5.74) is 1.09. The van der Waals surface area contributed by atoms with Gasteiger partial charge in [-0.15, -0.1) is 11.3 Å². The van der Waals surface area contributed by atoms with Crippen molar-refractivity contribution in [2.45, 2.75) is 20.8 Å². The number of benzene rings is 1. The van der Waals surface area contributed by atoms with Gasteiger partial charge in [0.2, 0.25) is 0 Å². The van der Waals surface area contributed by atoms with Gasteiger partial charge in [-0.25, -0.2) is 15.0 Å². The summed E-state index contributed by atoms with van der Waals surface area (Å²) >= 11 is 7.50. The summed E-state index contributed by atoms with van der Waals surface area (Å²) in [7, 11) is 0. The molecule has 0 radical (unpaired) electrons. The Morgan fingerprint density at radius 2 is 1.90 bits per heavy atom. The SMILES string of the molecule is CCN(CC)C(=O)COc1ccc(NC(=O)c2sc(-c3ncccn3)nc2C)cc1Cl. The number of rotatable bonds is 8. The van der Waals surface area contributed by atoms with E-state index in [-0.39, 0.29) is 18.4 Å². The Bertz CT molecular complexity index is 1070. The van der Waals surface area contributed by atoms with Crippen molar-refractivity contribution in [3.8, 4) is 16.6 Å². The first kappa shape index (κ1) is 22.6. The van der Waals surface area contributed by atoms with E-state index in [0.29, 0.717) is 51.0 Å². The second-order valence-electron chi connectivity index (χ2n) is 6.46. The van der Waals surface area contributed by atoms with Gasteiger partial charge in [0.15, 0.2) is 17.4 Å². The third-order valence-corrected chi connectivity index (χ3v) is 5.86. The molecule has 2 aromatic heterocycles. The average Bonchev–Trinajstić information content (AvgIpc) is 3.16. The minimum absolute atomic E-state index is 0.0997. The lowest BCUT2D eigenvalue weighted by Gasteiger charge is -2.19. The molecule has 2 heterocycles. The molecule has 2 amide bonds. The summed E-state index contributed by atoms with van der Waals surface area (Å²) in [6.07, 6.45) is 3.25. The van der Waals surface area contributed by atoms with E-state index in [1.807, 2.05) is 13.8 Å². The van der Waals surface area contributed by atoms with Gasteiger partial charge in [0, 0.05) is 31.2 Å². The van der Waals surface area contributed by atoms with Crippen LogP contribution in [0.3, 0.4) is 0 Å². The van der Waals surface area contributed by atoms with Gasteiger partial charge < -0.3 is 15.0 Å². The first-order valence-electron chi connectivity index (χ1n) is 9.69.